The summed E-state index contributed by atoms with van der Waals surface area (Å²) in [5, 5.41) is 3.05. The van der Waals surface area contributed by atoms with Crippen molar-refractivity contribution in [2.45, 2.75) is 44.4 Å². The van der Waals surface area contributed by atoms with Crippen LogP contribution in [0.5, 0.6) is 0 Å². The van der Waals surface area contributed by atoms with Crippen molar-refractivity contribution >= 4 is 10.0 Å². The molecule has 6 nitrogen and oxygen atoms in total. The van der Waals surface area contributed by atoms with E-state index in [0.717, 1.165) is 18.7 Å². The summed E-state index contributed by atoms with van der Waals surface area (Å²) in [4.78, 5) is 0.305. The van der Waals surface area contributed by atoms with E-state index < -0.39 is 10.0 Å². The minimum Gasteiger partial charge on any atom is -0.380 e. The Balaban J connectivity index is 2.91. The van der Waals surface area contributed by atoms with E-state index in [2.05, 4.69) is 17.0 Å². The number of hydrogen-bond donors (Lipinski definition) is 2. The van der Waals surface area contributed by atoms with Crippen molar-refractivity contribution in [3.63, 3.8) is 0 Å². The second kappa shape index (κ2) is 7.78. The third-order valence-corrected chi connectivity index (χ3v) is 4.45. The van der Waals surface area contributed by atoms with Crippen LogP contribution in [0.25, 0.3) is 0 Å². The molecule has 116 valence electrons. The largest absolute Gasteiger partial charge is 0.380 e. The molecule has 1 aromatic rings. The lowest BCUT2D eigenvalue weighted by Gasteiger charge is -2.10. The number of hydrogen-bond acceptors (Lipinski definition) is 4. The first-order chi connectivity index (χ1) is 9.44. The Labute approximate surface area is 121 Å². The highest BCUT2D eigenvalue weighted by molar-refractivity contribution is 7.89. The SMILES string of the molecule is CCCn1cc(S(=O)(=O)NCC(C)OC)cc1CNC. The number of ether oxygens (including phenoxy) is 1. The van der Waals surface area contributed by atoms with Crippen molar-refractivity contribution in [1.29, 1.82) is 0 Å². The zero-order valence-corrected chi connectivity index (χ0v) is 13.5. The highest BCUT2D eigenvalue weighted by atomic mass is 32.2. The third kappa shape index (κ3) is 4.59. The van der Waals surface area contributed by atoms with Crippen LogP contribution in [-0.4, -0.2) is 39.8 Å². The number of nitrogens with one attached hydrogen (secondary N) is 2. The molecule has 1 atom stereocenters. The molecule has 0 aliphatic carbocycles. The average Bonchev–Trinajstić information content (AvgIpc) is 2.81. The summed E-state index contributed by atoms with van der Waals surface area (Å²) < 4.78 is 34.0. The van der Waals surface area contributed by atoms with E-state index >= 15 is 0 Å². The van der Waals surface area contributed by atoms with Crippen LogP contribution in [0.4, 0.5) is 0 Å². The van der Waals surface area contributed by atoms with Gasteiger partial charge in [-0.25, -0.2) is 13.1 Å². The normalized spacial score (nSPS) is 13.6. The number of aromatic nitrogens is 1. The van der Waals surface area contributed by atoms with Gasteiger partial charge in [0.1, 0.15) is 0 Å². The van der Waals surface area contributed by atoms with E-state index in [9.17, 15) is 8.42 Å². The van der Waals surface area contributed by atoms with Gasteiger partial charge in [0.25, 0.3) is 0 Å². The molecular formula is C13H25N3O3S. The third-order valence-electron chi connectivity index (χ3n) is 3.06. The van der Waals surface area contributed by atoms with Crippen molar-refractivity contribution in [3.8, 4) is 0 Å². The highest BCUT2D eigenvalue weighted by Crippen LogP contribution is 2.15. The Hall–Kier alpha value is -0.890. The van der Waals surface area contributed by atoms with Crippen LogP contribution < -0.4 is 10.0 Å². The number of methoxy groups -OCH3 is 1. The first kappa shape index (κ1) is 17.2. The molecule has 0 saturated carbocycles. The summed E-state index contributed by atoms with van der Waals surface area (Å²) in [5.41, 5.74) is 0.967. The van der Waals surface area contributed by atoms with Crippen molar-refractivity contribution < 1.29 is 13.2 Å². The first-order valence-electron chi connectivity index (χ1n) is 6.80. The van der Waals surface area contributed by atoms with Crippen molar-refractivity contribution in [1.82, 2.24) is 14.6 Å². The summed E-state index contributed by atoms with van der Waals surface area (Å²) in [7, 11) is -0.0819. The Morgan fingerprint density at radius 3 is 2.70 bits per heavy atom. The Kier molecular flexibility index (Phi) is 6.67. The summed E-state index contributed by atoms with van der Waals surface area (Å²) in [6.07, 6.45) is 2.49. The topological polar surface area (TPSA) is 72.4 Å². The smallest absolute Gasteiger partial charge is 0.242 e. The van der Waals surface area contributed by atoms with Crippen LogP contribution in [0.2, 0.25) is 0 Å². The number of rotatable bonds is 9. The van der Waals surface area contributed by atoms with Gasteiger partial charge in [0.15, 0.2) is 0 Å². The van der Waals surface area contributed by atoms with Crippen LogP contribution in [0.15, 0.2) is 17.2 Å². The average molecular weight is 303 g/mol. The Morgan fingerprint density at radius 1 is 1.45 bits per heavy atom. The second-order valence-corrected chi connectivity index (χ2v) is 6.56. The minimum absolute atomic E-state index is 0.153. The van der Waals surface area contributed by atoms with Crippen molar-refractivity contribution in [2.24, 2.45) is 0 Å². The zero-order chi connectivity index (χ0) is 15.2. The summed E-state index contributed by atoms with van der Waals surface area (Å²) >= 11 is 0. The van der Waals surface area contributed by atoms with Crippen molar-refractivity contribution in [3.05, 3.63) is 18.0 Å². The molecule has 1 aromatic heterocycles. The second-order valence-electron chi connectivity index (χ2n) is 4.79. The minimum atomic E-state index is -3.48. The molecule has 0 radical (unpaired) electrons. The van der Waals surface area contributed by atoms with Crippen LogP contribution in [-0.2, 0) is 27.8 Å². The maximum atomic E-state index is 12.2. The quantitative estimate of drug-likeness (QED) is 0.712. The zero-order valence-electron chi connectivity index (χ0n) is 12.6. The molecule has 1 heterocycles. The lowest BCUT2D eigenvalue weighted by atomic mass is 10.4. The maximum absolute atomic E-state index is 12.2. The van der Waals surface area contributed by atoms with Gasteiger partial charge in [-0.1, -0.05) is 6.92 Å². The lowest BCUT2D eigenvalue weighted by Crippen LogP contribution is -2.31. The molecule has 0 saturated heterocycles. The molecule has 0 aliphatic heterocycles. The monoisotopic (exact) mass is 303 g/mol. The molecular weight excluding hydrogens is 278 g/mol. The summed E-state index contributed by atoms with van der Waals surface area (Å²) in [6, 6.07) is 1.71. The van der Waals surface area contributed by atoms with Crippen molar-refractivity contribution in [2.75, 3.05) is 20.7 Å². The number of sulfonamides is 1. The molecule has 0 aliphatic rings. The van der Waals surface area contributed by atoms with Gasteiger partial charge in [-0.3, -0.25) is 0 Å². The standard InChI is InChI=1S/C13H25N3O3S/c1-5-6-16-10-13(7-12(16)9-14-3)20(17,18)15-8-11(2)19-4/h7,10-11,14-15H,5-6,8-9H2,1-4H3. The summed E-state index contributed by atoms with van der Waals surface area (Å²) in [6.45, 7) is 5.59. The maximum Gasteiger partial charge on any atom is 0.242 e. The molecule has 0 fully saturated rings. The first-order valence-corrected chi connectivity index (χ1v) is 8.29. The fraction of sp³-hybridized carbons (Fsp3) is 0.692. The predicted octanol–water partition coefficient (Wildman–Crippen LogP) is 0.931. The predicted molar refractivity (Wildman–Crippen MR) is 79.1 cm³/mol. The van der Waals surface area contributed by atoms with Crippen LogP contribution in [0, 0.1) is 0 Å². The fourth-order valence-corrected chi connectivity index (χ4v) is 3.02. The van der Waals surface area contributed by atoms with E-state index in [1.807, 2.05) is 18.5 Å². The van der Waals surface area contributed by atoms with E-state index in [4.69, 9.17) is 4.74 Å². The van der Waals surface area contributed by atoms with Crippen LogP contribution in [0.3, 0.4) is 0 Å². The fourth-order valence-electron chi connectivity index (χ4n) is 1.84. The molecule has 2 N–H and O–H groups in total. The molecule has 20 heavy (non-hydrogen) atoms. The molecule has 7 heteroatoms. The number of nitrogens with zero attached hydrogens (tertiary/aromatic N) is 1. The van der Waals surface area contributed by atoms with Gasteiger partial charge < -0.3 is 14.6 Å². The lowest BCUT2D eigenvalue weighted by molar-refractivity contribution is 0.122. The van der Waals surface area contributed by atoms with Gasteiger partial charge >= 0.3 is 0 Å². The highest BCUT2D eigenvalue weighted by Gasteiger charge is 2.18. The Bertz CT molecular complexity index is 487. The molecule has 1 rings (SSSR count). The molecule has 0 amide bonds. The summed E-state index contributed by atoms with van der Waals surface area (Å²) in [5.74, 6) is 0. The van der Waals surface area contributed by atoms with E-state index in [0.29, 0.717) is 11.4 Å². The molecule has 0 spiro atoms. The van der Waals surface area contributed by atoms with Gasteiger partial charge in [-0.15, -0.1) is 0 Å². The van der Waals surface area contributed by atoms with Gasteiger partial charge in [0, 0.05) is 38.6 Å². The van der Waals surface area contributed by atoms with E-state index in [-0.39, 0.29) is 12.6 Å². The molecule has 0 bridgehead atoms. The molecule has 0 aromatic carbocycles. The van der Waals surface area contributed by atoms with Gasteiger partial charge in [0.05, 0.1) is 11.0 Å². The van der Waals surface area contributed by atoms with Gasteiger partial charge in [0.2, 0.25) is 10.0 Å². The number of aryl methyl sites for hydroxylation is 1. The Morgan fingerprint density at radius 2 is 2.15 bits per heavy atom. The molecule has 1 unspecified atom stereocenters. The van der Waals surface area contributed by atoms with Gasteiger partial charge in [-0.2, -0.15) is 0 Å². The van der Waals surface area contributed by atoms with E-state index in [1.165, 1.54) is 0 Å². The van der Waals surface area contributed by atoms with Crippen LogP contribution in [0.1, 0.15) is 26.0 Å². The van der Waals surface area contributed by atoms with Crippen LogP contribution >= 0.6 is 0 Å². The van der Waals surface area contributed by atoms with Gasteiger partial charge in [-0.05, 0) is 26.5 Å². The van der Waals surface area contributed by atoms with E-state index in [1.54, 1.807) is 19.4 Å².